The molecule has 0 spiro atoms. The van der Waals surface area contributed by atoms with E-state index in [9.17, 15) is 20.4 Å². The minimum atomic E-state index is 0.0880. The van der Waals surface area contributed by atoms with Crippen LogP contribution in [0.15, 0.2) is 97.1 Å². The van der Waals surface area contributed by atoms with Crippen molar-refractivity contribution in [2.45, 2.75) is 66.2 Å². The van der Waals surface area contributed by atoms with Gasteiger partial charge in [0.05, 0.1) is 0 Å². The van der Waals surface area contributed by atoms with Gasteiger partial charge in [0.15, 0.2) is 0 Å². The van der Waals surface area contributed by atoms with Crippen LogP contribution in [-0.2, 0) is 19.3 Å². The van der Waals surface area contributed by atoms with Crippen molar-refractivity contribution in [3.05, 3.63) is 119 Å². The Morgan fingerprint density at radius 2 is 0.700 bits per heavy atom. The van der Waals surface area contributed by atoms with Gasteiger partial charge in [-0.25, -0.2) is 0 Å². The maximum absolute atomic E-state index is 9.36. The zero-order chi connectivity index (χ0) is 37.6. The molecule has 0 fully saturated rings. The second kappa shape index (κ2) is 22.6. The van der Waals surface area contributed by atoms with Crippen LogP contribution in [-0.4, -0.2) is 51.1 Å². The lowest BCUT2D eigenvalue weighted by Gasteiger charge is -2.05. The first-order valence-electron chi connectivity index (χ1n) is 16.2. The van der Waals surface area contributed by atoms with Crippen LogP contribution in [0.25, 0.3) is 0 Å². The van der Waals surface area contributed by atoms with Gasteiger partial charge in [0.25, 0.3) is 0 Å². The molecule has 0 saturated carbocycles. The number of phenolic OH excluding ortho intramolecular Hbond substituents is 10. The molecule has 5 rings (SSSR count). The Balaban J connectivity index is 0.000000314. The predicted octanol–water partition coefficient (Wildman–Crippen LogP) is 8.65. The van der Waals surface area contributed by atoms with Crippen LogP contribution < -0.4 is 0 Å². The van der Waals surface area contributed by atoms with Gasteiger partial charge >= 0.3 is 0 Å². The summed E-state index contributed by atoms with van der Waals surface area (Å²) in [7, 11) is 0. The molecule has 0 aliphatic carbocycles. The maximum atomic E-state index is 9.36. The Bertz CT molecular complexity index is 1620. The molecule has 0 aliphatic heterocycles. The van der Waals surface area contributed by atoms with Gasteiger partial charge in [-0.05, 0) is 93.3 Å². The van der Waals surface area contributed by atoms with E-state index in [0.717, 1.165) is 32.1 Å². The van der Waals surface area contributed by atoms with E-state index >= 15 is 0 Å². The third-order valence-corrected chi connectivity index (χ3v) is 7.12. The Morgan fingerprint density at radius 3 is 0.960 bits per heavy atom. The van der Waals surface area contributed by atoms with Crippen molar-refractivity contribution >= 4 is 0 Å². The van der Waals surface area contributed by atoms with E-state index in [0.29, 0.717) is 28.7 Å². The van der Waals surface area contributed by atoms with Crippen LogP contribution in [0.4, 0.5) is 0 Å². The molecule has 5 aromatic rings. The Morgan fingerprint density at radius 1 is 0.380 bits per heavy atom. The van der Waals surface area contributed by atoms with Gasteiger partial charge in [0, 0.05) is 28.3 Å². The van der Waals surface area contributed by atoms with Gasteiger partial charge in [-0.3, -0.25) is 0 Å². The molecule has 270 valence electrons. The molecule has 0 aliphatic rings. The van der Waals surface area contributed by atoms with Gasteiger partial charge in [-0.15, -0.1) is 0 Å². The van der Waals surface area contributed by atoms with Crippen LogP contribution in [0.1, 0.15) is 62.3 Å². The topological polar surface area (TPSA) is 202 Å². The number of hydrogen-bond acceptors (Lipinski definition) is 10. The molecule has 0 atom stereocenters. The Kier molecular flexibility index (Phi) is 19.1. The SMILES string of the molecule is CCCCc1c(O)cccc1O.CCCc1c(O)cccc1O.CCc1c(O)cccc1O.Cc1c(O)cccc1O.Oc1cccc(O)c1. The number of unbranched alkanes of at least 4 members (excludes halogenated alkanes) is 1. The number of rotatable bonds is 6. The van der Waals surface area contributed by atoms with Crippen LogP contribution in [0.5, 0.6) is 57.5 Å². The Labute approximate surface area is 293 Å². The van der Waals surface area contributed by atoms with Gasteiger partial charge in [-0.2, -0.15) is 0 Å². The van der Waals surface area contributed by atoms with Crippen molar-refractivity contribution in [1.82, 2.24) is 0 Å². The number of benzene rings is 5. The minimum Gasteiger partial charge on any atom is -0.508 e. The molecule has 10 N–H and O–H groups in total. The highest BCUT2D eigenvalue weighted by Gasteiger charge is 2.05. The first kappa shape index (κ1) is 42.1. The average Bonchev–Trinajstić information content (AvgIpc) is 3.06. The zero-order valence-electron chi connectivity index (χ0n) is 29.0. The van der Waals surface area contributed by atoms with Crippen molar-refractivity contribution < 1.29 is 51.1 Å². The molecule has 50 heavy (non-hydrogen) atoms. The minimum absolute atomic E-state index is 0.0880. The molecular weight excluding hydrogens is 640 g/mol. The summed E-state index contributed by atoms with van der Waals surface area (Å²) in [5.41, 5.74) is 2.45. The predicted molar refractivity (Wildman–Crippen MR) is 196 cm³/mol. The molecule has 0 amide bonds. The van der Waals surface area contributed by atoms with Crippen molar-refractivity contribution in [1.29, 1.82) is 0 Å². The standard InChI is InChI=1S/C10H14O2.C9H12O2.C8H10O2.C7H8O2.C6H6O2/c1-2-3-5-8-9(11)6-4-7-10(8)12;1-2-4-7-8(10)5-3-6-9(7)11;1-2-6-7(9)4-3-5-8(6)10;1-5-6(8)3-2-4-7(5)9;7-5-2-1-3-6(8)4-5/h4,6-7,11-12H,2-3,5H2,1H3;3,5-6,10-11H,2,4H2,1H3;3-5,9-10H,2H2,1H3;2-4,8-9H,1H3;1-4,7-8H. The lowest BCUT2D eigenvalue weighted by molar-refractivity contribution is 0.436. The second-order valence-electron chi connectivity index (χ2n) is 11.0. The molecule has 0 unspecified atom stereocenters. The fraction of sp³-hybridized carbons (Fsp3) is 0.250. The van der Waals surface area contributed by atoms with Crippen LogP contribution >= 0.6 is 0 Å². The summed E-state index contributed by atoms with van der Waals surface area (Å²) in [6.45, 7) is 7.63. The Hall–Kier alpha value is -5.90. The molecule has 0 bridgehead atoms. The summed E-state index contributed by atoms with van der Waals surface area (Å²) in [4.78, 5) is 0. The second-order valence-corrected chi connectivity index (χ2v) is 11.0. The number of phenols is 10. The lowest BCUT2D eigenvalue weighted by Crippen LogP contribution is -1.86. The first-order valence-corrected chi connectivity index (χ1v) is 16.2. The normalized spacial score (nSPS) is 9.68. The van der Waals surface area contributed by atoms with E-state index < -0.39 is 0 Å². The molecule has 0 saturated heterocycles. The van der Waals surface area contributed by atoms with Gasteiger partial charge in [0.2, 0.25) is 0 Å². The van der Waals surface area contributed by atoms with Crippen molar-refractivity contribution in [3.8, 4) is 57.5 Å². The fourth-order valence-corrected chi connectivity index (χ4v) is 4.27. The molecular formula is C40H50O10. The number of hydrogen-bond donors (Lipinski definition) is 10. The summed E-state index contributed by atoms with van der Waals surface area (Å²) in [6, 6.07) is 24.9. The molecule has 0 heterocycles. The van der Waals surface area contributed by atoms with E-state index in [4.69, 9.17) is 30.6 Å². The van der Waals surface area contributed by atoms with E-state index in [1.807, 2.05) is 13.8 Å². The van der Waals surface area contributed by atoms with Crippen molar-refractivity contribution in [2.75, 3.05) is 0 Å². The van der Waals surface area contributed by atoms with Crippen LogP contribution in [0, 0.1) is 6.92 Å². The smallest absolute Gasteiger partial charge is 0.122 e. The van der Waals surface area contributed by atoms with Crippen molar-refractivity contribution in [2.24, 2.45) is 0 Å². The van der Waals surface area contributed by atoms with Crippen LogP contribution in [0.2, 0.25) is 0 Å². The first-order chi connectivity index (χ1) is 23.8. The van der Waals surface area contributed by atoms with Gasteiger partial charge in [-0.1, -0.05) is 63.9 Å². The third kappa shape index (κ3) is 14.9. The monoisotopic (exact) mass is 690 g/mol. The fourth-order valence-electron chi connectivity index (χ4n) is 4.27. The highest BCUT2D eigenvalue weighted by Crippen LogP contribution is 2.29. The lowest BCUT2D eigenvalue weighted by atomic mass is 10.1. The largest absolute Gasteiger partial charge is 0.508 e. The average molecular weight is 691 g/mol. The summed E-state index contributed by atoms with van der Waals surface area (Å²) in [5.74, 6) is 1.55. The van der Waals surface area contributed by atoms with Gasteiger partial charge in [0.1, 0.15) is 57.5 Å². The molecule has 0 radical (unpaired) electrons. The third-order valence-electron chi connectivity index (χ3n) is 7.12. The van der Waals surface area contributed by atoms with Crippen LogP contribution in [0.3, 0.4) is 0 Å². The highest BCUT2D eigenvalue weighted by molar-refractivity contribution is 5.44. The van der Waals surface area contributed by atoms with Crippen molar-refractivity contribution in [3.63, 3.8) is 0 Å². The van der Waals surface area contributed by atoms with E-state index in [-0.39, 0.29) is 57.5 Å². The molecule has 10 heteroatoms. The van der Waals surface area contributed by atoms with Gasteiger partial charge < -0.3 is 51.1 Å². The molecule has 5 aromatic carbocycles. The quantitative estimate of drug-likeness (QED) is 0.0821. The summed E-state index contributed by atoms with van der Waals surface area (Å²) < 4.78 is 0. The molecule has 10 nitrogen and oxygen atoms in total. The summed E-state index contributed by atoms with van der Waals surface area (Å²) in [5, 5.41) is 90.7. The maximum Gasteiger partial charge on any atom is 0.122 e. The molecule has 0 aromatic heterocycles. The zero-order valence-corrected chi connectivity index (χ0v) is 29.0. The van der Waals surface area contributed by atoms with E-state index in [1.54, 1.807) is 73.7 Å². The summed E-state index contributed by atoms with van der Waals surface area (Å²) in [6.07, 6.45) is 5.09. The number of aromatic hydroxyl groups is 10. The highest BCUT2D eigenvalue weighted by atomic mass is 16.3. The van der Waals surface area contributed by atoms with E-state index in [2.05, 4.69) is 6.92 Å². The summed E-state index contributed by atoms with van der Waals surface area (Å²) >= 11 is 0. The van der Waals surface area contributed by atoms with E-state index in [1.165, 1.54) is 30.3 Å².